The topological polar surface area (TPSA) is 69.6 Å². The fourth-order valence-corrected chi connectivity index (χ4v) is 2.93. The highest BCUT2D eigenvalue weighted by molar-refractivity contribution is 7.80. The number of carbonyl (C=O) groups excluding carboxylic acids is 2. The van der Waals surface area contributed by atoms with Crippen molar-refractivity contribution in [1.29, 1.82) is 0 Å². The van der Waals surface area contributed by atoms with E-state index in [2.05, 4.69) is 5.32 Å². The lowest BCUT2D eigenvalue weighted by molar-refractivity contribution is -0.122. The van der Waals surface area contributed by atoms with Crippen molar-refractivity contribution in [3.05, 3.63) is 63.6 Å². The number of anilines is 1. The number of phenolic OH excluding ortho intramolecular Hbond substituents is 1. The molecule has 1 aliphatic heterocycles. The Morgan fingerprint density at radius 2 is 1.76 bits per heavy atom. The van der Waals surface area contributed by atoms with E-state index in [0.29, 0.717) is 5.56 Å². The SMILES string of the molecule is O=C1NC(=S)N(c2cccc(Cl)c2Cl)C(=O)/C1=C/c1ccc(O)cc1. The van der Waals surface area contributed by atoms with Crippen LogP contribution >= 0.6 is 35.4 Å². The first-order chi connectivity index (χ1) is 11.9. The van der Waals surface area contributed by atoms with Crippen LogP contribution < -0.4 is 10.2 Å². The van der Waals surface area contributed by atoms with Crippen LogP contribution in [0.3, 0.4) is 0 Å². The highest BCUT2D eigenvalue weighted by atomic mass is 35.5. The minimum atomic E-state index is -0.619. The van der Waals surface area contributed by atoms with Crippen LogP contribution in [0.1, 0.15) is 5.56 Å². The van der Waals surface area contributed by atoms with Crippen LogP contribution in [0.4, 0.5) is 5.69 Å². The molecule has 25 heavy (non-hydrogen) atoms. The van der Waals surface area contributed by atoms with Gasteiger partial charge in [-0.2, -0.15) is 0 Å². The van der Waals surface area contributed by atoms with Gasteiger partial charge in [0.15, 0.2) is 5.11 Å². The zero-order chi connectivity index (χ0) is 18.1. The van der Waals surface area contributed by atoms with Crippen molar-refractivity contribution in [3.63, 3.8) is 0 Å². The number of nitrogens with zero attached hydrogens (tertiary/aromatic N) is 1. The molecular weight excluding hydrogens is 383 g/mol. The van der Waals surface area contributed by atoms with E-state index >= 15 is 0 Å². The highest BCUT2D eigenvalue weighted by Gasteiger charge is 2.35. The summed E-state index contributed by atoms with van der Waals surface area (Å²) in [6.07, 6.45) is 1.41. The van der Waals surface area contributed by atoms with Crippen LogP contribution in [0.25, 0.3) is 6.08 Å². The van der Waals surface area contributed by atoms with Crippen LogP contribution in [0.5, 0.6) is 5.75 Å². The predicted octanol–water partition coefficient (Wildman–Crippen LogP) is 3.53. The Kier molecular flexibility index (Phi) is 4.76. The Balaban J connectivity index is 2.05. The van der Waals surface area contributed by atoms with E-state index in [1.165, 1.54) is 18.2 Å². The molecule has 2 aromatic carbocycles. The summed E-state index contributed by atoms with van der Waals surface area (Å²) in [7, 11) is 0. The monoisotopic (exact) mass is 392 g/mol. The smallest absolute Gasteiger partial charge is 0.270 e. The number of hydrogen-bond acceptors (Lipinski definition) is 4. The first-order valence-corrected chi connectivity index (χ1v) is 8.19. The number of halogens is 2. The summed E-state index contributed by atoms with van der Waals surface area (Å²) in [4.78, 5) is 26.2. The maximum Gasteiger partial charge on any atom is 0.270 e. The van der Waals surface area contributed by atoms with Crippen LogP contribution in [-0.4, -0.2) is 22.0 Å². The molecule has 0 unspecified atom stereocenters. The van der Waals surface area contributed by atoms with E-state index in [1.54, 1.807) is 30.3 Å². The number of phenols is 1. The van der Waals surface area contributed by atoms with Crippen molar-refractivity contribution in [2.24, 2.45) is 0 Å². The number of thiocarbonyl (C=S) groups is 1. The van der Waals surface area contributed by atoms with E-state index < -0.39 is 11.8 Å². The second-order valence-corrected chi connectivity index (χ2v) is 6.29. The van der Waals surface area contributed by atoms with Gasteiger partial charge in [0.05, 0.1) is 15.7 Å². The quantitative estimate of drug-likeness (QED) is 0.465. The van der Waals surface area contributed by atoms with Gasteiger partial charge in [-0.3, -0.25) is 19.8 Å². The second-order valence-electron chi connectivity index (χ2n) is 5.12. The number of rotatable bonds is 2. The number of carbonyl (C=O) groups is 2. The summed E-state index contributed by atoms with van der Waals surface area (Å²) in [6.45, 7) is 0. The minimum Gasteiger partial charge on any atom is -0.508 e. The number of aromatic hydroxyl groups is 1. The Morgan fingerprint density at radius 3 is 2.44 bits per heavy atom. The maximum absolute atomic E-state index is 12.8. The lowest BCUT2D eigenvalue weighted by Crippen LogP contribution is -2.54. The summed E-state index contributed by atoms with van der Waals surface area (Å²) in [5, 5.41) is 12.1. The maximum atomic E-state index is 12.8. The van der Waals surface area contributed by atoms with Gasteiger partial charge in [0.25, 0.3) is 11.8 Å². The van der Waals surface area contributed by atoms with Gasteiger partial charge in [0, 0.05) is 0 Å². The third-order valence-corrected chi connectivity index (χ3v) is 4.57. The van der Waals surface area contributed by atoms with E-state index in [9.17, 15) is 14.7 Å². The molecule has 0 bridgehead atoms. The van der Waals surface area contributed by atoms with Crippen molar-refractivity contribution < 1.29 is 14.7 Å². The zero-order valence-corrected chi connectivity index (χ0v) is 14.8. The Bertz CT molecular complexity index is 926. The van der Waals surface area contributed by atoms with E-state index in [4.69, 9.17) is 35.4 Å². The van der Waals surface area contributed by atoms with Gasteiger partial charge in [-0.25, -0.2) is 0 Å². The number of hydrogen-bond donors (Lipinski definition) is 2. The van der Waals surface area contributed by atoms with Gasteiger partial charge in [0.2, 0.25) is 0 Å². The average Bonchev–Trinajstić information content (AvgIpc) is 2.57. The molecule has 0 spiro atoms. The highest BCUT2D eigenvalue weighted by Crippen LogP contribution is 2.34. The molecule has 5 nitrogen and oxygen atoms in total. The van der Waals surface area contributed by atoms with Crippen molar-refractivity contribution in [3.8, 4) is 5.75 Å². The minimum absolute atomic E-state index is 0.0788. The molecule has 1 saturated heterocycles. The van der Waals surface area contributed by atoms with Gasteiger partial charge < -0.3 is 5.11 Å². The Morgan fingerprint density at radius 1 is 1.08 bits per heavy atom. The Labute approximate surface area is 158 Å². The third kappa shape index (κ3) is 3.37. The van der Waals surface area contributed by atoms with Crippen molar-refractivity contribution in [1.82, 2.24) is 5.32 Å². The molecule has 2 aromatic rings. The van der Waals surface area contributed by atoms with Crippen molar-refractivity contribution in [2.75, 3.05) is 4.90 Å². The standard InChI is InChI=1S/C17H10Cl2N2O3S/c18-12-2-1-3-13(14(12)19)21-16(24)11(15(23)20-17(21)25)8-9-4-6-10(22)7-5-9/h1-8,22H,(H,20,23,25)/b11-8+. The summed E-state index contributed by atoms with van der Waals surface area (Å²) >= 11 is 17.3. The average molecular weight is 393 g/mol. The van der Waals surface area contributed by atoms with Crippen molar-refractivity contribution in [2.45, 2.75) is 0 Å². The summed E-state index contributed by atoms with van der Waals surface area (Å²) in [5.74, 6) is -1.15. The molecule has 3 rings (SSSR count). The fourth-order valence-electron chi connectivity index (χ4n) is 2.28. The Hall–Kier alpha value is -2.41. The molecule has 0 aromatic heterocycles. The molecule has 0 saturated carbocycles. The summed E-state index contributed by atoms with van der Waals surface area (Å²) in [6, 6.07) is 10.8. The summed E-state index contributed by atoms with van der Waals surface area (Å²) < 4.78 is 0. The predicted molar refractivity (Wildman–Crippen MR) is 101 cm³/mol. The van der Waals surface area contributed by atoms with Gasteiger partial charge in [-0.1, -0.05) is 41.4 Å². The van der Waals surface area contributed by atoms with Crippen LogP contribution in [0.2, 0.25) is 10.0 Å². The molecule has 1 fully saturated rings. The van der Waals surface area contributed by atoms with Crippen LogP contribution in [0, 0.1) is 0 Å². The van der Waals surface area contributed by atoms with Crippen LogP contribution in [-0.2, 0) is 9.59 Å². The molecular formula is C17H10Cl2N2O3S. The first-order valence-electron chi connectivity index (χ1n) is 7.03. The lowest BCUT2D eigenvalue weighted by atomic mass is 10.1. The third-order valence-electron chi connectivity index (χ3n) is 3.48. The molecule has 0 radical (unpaired) electrons. The zero-order valence-electron chi connectivity index (χ0n) is 12.5. The van der Waals surface area contributed by atoms with Gasteiger partial charge in [-0.15, -0.1) is 0 Å². The normalized spacial score (nSPS) is 16.3. The number of benzene rings is 2. The second kappa shape index (κ2) is 6.84. The molecule has 126 valence electrons. The number of nitrogens with one attached hydrogen (secondary N) is 1. The van der Waals surface area contributed by atoms with E-state index in [0.717, 1.165) is 4.90 Å². The van der Waals surface area contributed by atoms with Gasteiger partial charge >= 0.3 is 0 Å². The lowest BCUT2D eigenvalue weighted by Gasteiger charge is -2.29. The van der Waals surface area contributed by atoms with E-state index in [-0.39, 0.29) is 32.2 Å². The molecule has 8 heteroatoms. The number of amides is 2. The van der Waals surface area contributed by atoms with E-state index in [1.807, 2.05) is 0 Å². The molecule has 0 aliphatic carbocycles. The first kappa shape index (κ1) is 17.4. The fraction of sp³-hybridized carbons (Fsp3) is 0. The molecule has 1 aliphatic rings. The molecule has 1 heterocycles. The molecule has 0 atom stereocenters. The largest absolute Gasteiger partial charge is 0.508 e. The summed E-state index contributed by atoms with van der Waals surface area (Å²) in [5.41, 5.74) is 0.734. The van der Waals surface area contributed by atoms with Gasteiger partial charge in [-0.05, 0) is 48.1 Å². The van der Waals surface area contributed by atoms with Crippen LogP contribution in [0.15, 0.2) is 48.0 Å². The van der Waals surface area contributed by atoms with Gasteiger partial charge in [0.1, 0.15) is 11.3 Å². The molecule has 2 amide bonds. The molecule has 2 N–H and O–H groups in total. The van der Waals surface area contributed by atoms with Crippen molar-refractivity contribution >= 4 is 64.1 Å².